The Morgan fingerprint density at radius 2 is 2.12 bits per heavy atom. The molecule has 1 N–H and O–H groups in total. The van der Waals surface area contributed by atoms with Crippen molar-refractivity contribution in [3.63, 3.8) is 0 Å². The van der Waals surface area contributed by atoms with Crippen molar-refractivity contribution in [2.45, 2.75) is 25.7 Å². The van der Waals surface area contributed by atoms with E-state index in [1.807, 2.05) is 37.4 Å². The third-order valence-corrected chi connectivity index (χ3v) is 4.74. The number of carbonyl (C=O) groups is 1. The molecule has 6 heteroatoms. The van der Waals surface area contributed by atoms with Gasteiger partial charge in [-0.25, -0.2) is 0 Å². The largest absolute Gasteiger partial charge is 0.360 e. The molecule has 4 rings (SSSR count). The lowest BCUT2D eigenvalue weighted by molar-refractivity contribution is 0.0906. The van der Waals surface area contributed by atoms with Gasteiger partial charge >= 0.3 is 0 Å². The molecule has 0 atom stereocenters. The van der Waals surface area contributed by atoms with Crippen LogP contribution in [0.25, 0.3) is 10.9 Å². The number of likely N-dealkylation sites (tertiary alicyclic amines) is 1. The van der Waals surface area contributed by atoms with Crippen LogP contribution < -0.4 is 0 Å². The van der Waals surface area contributed by atoms with Gasteiger partial charge in [0.2, 0.25) is 5.89 Å². The number of nitrogens with one attached hydrogen (secondary N) is 1. The summed E-state index contributed by atoms with van der Waals surface area (Å²) >= 11 is 0. The molecule has 3 heterocycles. The van der Waals surface area contributed by atoms with E-state index in [0.29, 0.717) is 18.3 Å². The first-order chi connectivity index (χ1) is 11.7. The quantitative estimate of drug-likeness (QED) is 0.747. The fraction of sp³-hybridized carbons (Fsp3) is 0.389. The second kappa shape index (κ2) is 6.20. The number of aromatic amines is 1. The summed E-state index contributed by atoms with van der Waals surface area (Å²) in [6.07, 6.45) is 3.71. The van der Waals surface area contributed by atoms with Crippen LogP contribution in [-0.4, -0.2) is 45.4 Å². The first-order valence-electron chi connectivity index (χ1n) is 8.32. The van der Waals surface area contributed by atoms with E-state index in [-0.39, 0.29) is 5.78 Å². The number of aryl methyl sites for hydroxylation is 1. The van der Waals surface area contributed by atoms with Gasteiger partial charge in [-0.05, 0) is 38.9 Å². The van der Waals surface area contributed by atoms with Gasteiger partial charge in [-0.15, -0.1) is 0 Å². The van der Waals surface area contributed by atoms with Gasteiger partial charge in [-0.2, -0.15) is 4.98 Å². The summed E-state index contributed by atoms with van der Waals surface area (Å²) in [7, 11) is 0. The molecule has 0 spiro atoms. The summed E-state index contributed by atoms with van der Waals surface area (Å²) in [6, 6.07) is 7.91. The zero-order chi connectivity index (χ0) is 16.5. The molecular weight excluding hydrogens is 304 g/mol. The molecule has 0 amide bonds. The van der Waals surface area contributed by atoms with Crippen LogP contribution in [0.3, 0.4) is 0 Å². The minimum absolute atomic E-state index is 0.166. The van der Waals surface area contributed by atoms with Gasteiger partial charge in [0, 0.05) is 28.6 Å². The van der Waals surface area contributed by atoms with Gasteiger partial charge in [-0.1, -0.05) is 23.4 Å². The van der Waals surface area contributed by atoms with E-state index >= 15 is 0 Å². The van der Waals surface area contributed by atoms with Gasteiger partial charge in [0.05, 0.1) is 6.54 Å². The molecule has 2 aromatic heterocycles. The minimum atomic E-state index is 0.166. The fourth-order valence-corrected chi connectivity index (χ4v) is 3.41. The number of hydrogen-bond acceptors (Lipinski definition) is 5. The first-order valence-corrected chi connectivity index (χ1v) is 8.32. The Morgan fingerprint density at radius 1 is 1.33 bits per heavy atom. The van der Waals surface area contributed by atoms with Crippen molar-refractivity contribution in [2.75, 3.05) is 19.6 Å². The van der Waals surface area contributed by atoms with E-state index in [4.69, 9.17) is 4.52 Å². The summed E-state index contributed by atoms with van der Waals surface area (Å²) in [5, 5.41) is 4.86. The van der Waals surface area contributed by atoms with E-state index in [2.05, 4.69) is 20.0 Å². The van der Waals surface area contributed by atoms with Crippen LogP contribution in [0.2, 0.25) is 0 Å². The summed E-state index contributed by atoms with van der Waals surface area (Å²) in [5.74, 6) is 1.89. The molecule has 3 aromatic rings. The fourth-order valence-electron chi connectivity index (χ4n) is 3.41. The van der Waals surface area contributed by atoms with Crippen LogP contribution in [0.4, 0.5) is 0 Å². The van der Waals surface area contributed by atoms with E-state index in [1.165, 1.54) is 0 Å². The zero-order valence-corrected chi connectivity index (χ0v) is 13.7. The number of hydrogen-bond donors (Lipinski definition) is 1. The number of nitrogens with zero attached hydrogens (tertiary/aromatic N) is 3. The third kappa shape index (κ3) is 2.85. The highest BCUT2D eigenvalue weighted by atomic mass is 16.5. The molecule has 0 radical (unpaired) electrons. The molecule has 1 aliphatic heterocycles. The second-order valence-corrected chi connectivity index (χ2v) is 6.40. The van der Waals surface area contributed by atoms with Crippen LogP contribution >= 0.6 is 0 Å². The summed E-state index contributed by atoms with van der Waals surface area (Å²) in [4.78, 5) is 22.4. The van der Waals surface area contributed by atoms with Crippen LogP contribution in [0.15, 0.2) is 35.0 Å². The molecule has 1 aliphatic rings. The number of ketones is 1. The number of aromatic nitrogens is 3. The van der Waals surface area contributed by atoms with Crippen molar-refractivity contribution in [3.05, 3.63) is 47.7 Å². The highest BCUT2D eigenvalue weighted by molar-refractivity contribution is 6.08. The molecule has 124 valence electrons. The van der Waals surface area contributed by atoms with Crippen molar-refractivity contribution < 1.29 is 9.32 Å². The molecule has 1 fully saturated rings. The number of fused-ring (bicyclic) bond motifs is 1. The summed E-state index contributed by atoms with van der Waals surface area (Å²) in [6.45, 7) is 4.04. The van der Waals surface area contributed by atoms with Gasteiger partial charge in [0.25, 0.3) is 0 Å². The van der Waals surface area contributed by atoms with E-state index in [9.17, 15) is 4.79 Å². The number of H-pyrrole nitrogens is 1. The molecule has 1 aromatic carbocycles. The number of para-hydroxylation sites is 1. The number of rotatable bonds is 4. The van der Waals surface area contributed by atoms with E-state index in [1.54, 1.807) is 0 Å². The SMILES string of the molecule is Cc1noc(C2CCN(CC(=O)c3c[nH]c4ccccc34)CC2)n1. The molecule has 24 heavy (non-hydrogen) atoms. The van der Waals surface area contributed by atoms with Crippen LogP contribution in [-0.2, 0) is 0 Å². The average molecular weight is 324 g/mol. The maximum absolute atomic E-state index is 12.6. The molecule has 0 saturated carbocycles. The number of benzene rings is 1. The lowest BCUT2D eigenvalue weighted by Crippen LogP contribution is -2.36. The highest BCUT2D eigenvalue weighted by Gasteiger charge is 2.26. The molecule has 0 aliphatic carbocycles. The monoisotopic (exact) mass is 324 g/mol. The molecule has 0 bridgehead atoms. The Balaban J connectivity index is 1.39. The van der Waals surface area contributed by atoms with Gasteiger partial charge in [0.1, 0.15) is 0 Å². The summed E-state index contributed by atoms with van der Waals surface area (Å²) < 4.78 is 5.28. The highest BCUT2D eigenvalue weighted by Crippen LogP contribution is 2.27. The maximum atomic E-state index is 12.6. The van der Waals surface area contributed by atoms with E-state index in [0.717, 1.165) is 48.3 Å². The molecular formula is C18H20N4O2. The number of piperidine rings is 1. The van der Waals surface area contributed by atoms with Gasteiger partial charge in [-0.3, -0.25) is 9.69 Å². The Morgan fingerprint density at radius 3 is 2.88 bits per heavy atom. The van der Waals surface area contributed by atoms with Crippen molar-refractivity contribution in [3.8, 4) is 0 Å². The smallest absolute Gasteiger partial charge is 0.229 e. The minimum Gasteiger partial charge on any atom is -0.360 e. The van der Waals surface area contributed by atoms with Crippen LogP contribution in [0.1, 0.15) is 40.8 Å². The molecule has 6 nitrogen and oxygen atoms in total. The van der Waals surface area contributed by atoms with Gasteiger partial charge < -0.3 is 9.51 Å². The second-order valence-electron chi connectivity index (χ2n) is 6.40. The Bertz CT molecular complexity index is 859. The average Bonchev–Trinajstić information content (AvgIpc) is 3.22. The van der Waals surface area contributed by atoms with E-state index < -0.39 is 0 Å². The topological polar surface area (TPSA) is 75.0 Å². The van der Waals surface area contributed by atoms with Crippen molar-refractivity contribution in [1.29, 1.82) is 0 Å². The molecule has 1 saturated heterocycles. The summed E-state index contributed by atoms with van der Waals surface area (Å²) in [5.41, 5.74) is 1.78. The Hall–Kier alpha value is -2.47. The third-order valence-electron chi connectivity index (χ3n) is 4.74. The Labute approximate surface area is 139 Å². The lowest BCUT2D eigenvalue weighted by atomic mass is 9.96. The van der Waals surface area contributed by atoms with Crippen LogP contribution in [0, 0.1) is 6.92 Å². The van der Waals surface area contributed by atoms with Crippen molar-refractivity contribution in [1.82, 2.24) is 20.0 Å². The van der Waals surface area contributed by atoms with Crippen molar-refractivity contribution in [2.24, 2.45) is 0 Å². The lowest BCUT2D eigenvalue weighted by Gasteiger charge is -2.29. The number of Topliss-reactive ketones (excluding diaryl/α,β-unsaturated/α-hetero) is 1. The predicted molar refractivity (Wildman–Crippen MR) is 90.1 cm³/mol. The normalized spacial score (nSPS) is 16.7. The number of carbonyl (C=O) groups excluding carboxylic acids is 1. The first kappa shape index (κ1) is 15.1. The van der Waals surface area contributed by atoms with Gasteiger partial charge in [0.15, 0.2) is 11.6 Å². The Kier molecular flexibility index (Phi) is 3.90. The predicted octanol–water partition coefficient (Wildman–Crippen LogP) is 2.92. The van der Waals surface area contributed by atoms with Crippen molar-refractivity contribution >= 4 is 16.7 Å². The standard InChI is InChI=1S/C18H20N4O2/c1-12-20-18(24-21-12)13-6-8-22(9-7-13)11-17(23)15-10-19-16-5-3-2-4-14(15)16/h2-5,10,13,19H,6-9,11H2,1H3. The van der Waals surface area contributed by atoms with Crippen LogP contribution in [0.5, 0.6) is 0 Å². The zero-order valence-electron chi connectivity index (χ0n) is 13.7. The molecule has 0 unspecified atom stereocenters. The maximum Gasteiger partial charge on any atom is 0.229 e.